The van der Waals surface area contributed by atoms with E-state index in [-0.39, 0.29) is 5.91 Å². The van der Waals surface area contributed by atoms with Gasteiger partial charge in [-0.1, -0.05) is 20.8 Å². The fraction of sp³-hybridized carbons (Fsp3) is 0.588. The predicted molar refractivity (Wildman–Crippen MR) is 85.8 cm³/mol. The van der Waals surface area contributed by atoms with Crippen molar-refractivity contribution >= 4 is 11.6 Å². The zero-order valence-corrected chi connectivity index (χ0v) is 13.9. The second-order valence-corrected chi connectivity index (χ2v) is 5.93. The molecule has 21 heavy (non-hydrogen) atoms. The summed E-state index contributed by atoms with van der Waals surface area (Å²) in [5.74, 6) is 1.20. The molecule has 1 atom stereocenters. The lowest BCUT2D eigenvalue weighted by Crippen LogP contribution is -2.41. The predicted octanol–water partition coefficient (Wildman–Crippen LogP) is 3.78. The van der Waals surface area contributed by atoms with Crippen LogP contribution in [0.15, 0.2) is 18.2 Å². The number of ether oxygens (including phenoxy) is 2. The van der Waals surface area contributed by atoms with Crippen molar-refractivity contribution in [1.29, 1.82) is 0 Å². The fourth-order valence-electron chi connectivity index (χ4n) is 1.81. The van der Waals surface area contributed by atoms with Crippen LogP contribution in [0, 0.1) is 12.8 Å². The molecule has 0 heterocycles. The molecule has 4 nitrogen and oxygen atoms in total. The van der Waals surface area contributed by atoms with Gasteiger partial charge in [0.1, 0.15) is 11.4 Å². The normalized spacial score (nSPS) is 13.9. The molecule has 0 aromatic heterocycles. The van der Waals surface area contributed by atoms with E-state index >= 15 is 0 Å². The van der Waals surface area contributed by atoms with Gasteiger partial charge in [0.2, 0.25) is 0 Å². The molecule has 0 aliphatic rings. The summed E-state index contributed by atoms with van der Waals surface area (Å²) < 4.78 is 11.0. The van der Waals surface area contributed by atoms with Crippen LogP contribution in [0.1, 0.15) is 39.7 Å². The summed E-state index contributed by atoms with van der Waals surface area (Å²) in [6.07, 6.45) is 0.615. The molecule has 118 valence electrons. The van der Waals surface area contributed by atoms with Crippen molar-refractivity contribution < 1.29 is 14.3 Å². The second-order valence-electron chi connectivity index (χ2n) is 5.93. The maximum atomic E-state index is 12.2. The van der Waals surface area contributed by atoms with Crippen LogP contribution < -0.4 is 10.1 Å². The minimum Gasteiger partial charge on any atom is -0.493 e. The highest BCUT2D eigenvalue weighted by Gasteiger charge is 2.30. The highest BCUT2D eigenvalue weighted by Crippen LogP contribution is 2.24. The molecule has 1 rings (SSSR count). The second kappa shape index (κ2) is 7.46. The lowest BCUT2D eigenvalue weighted by atomic mass is 10.0. The van der Waals surface area contributed by atoms with E-state index in [1.165, 1.54) is 0 Å². The van der Waals surface area contributed by atoms with E-state index in [2.05, 4.69) is 19.2 Å². The van der Waals surface area contributed by atoms with Crippen LogP contribution in [-0.4, -0.2) is 25.2 Å². The Morgan fingerprint density at radius 2 is 2.05 bits per heavy atom. The Morgan fingerprint density at radius 1 is 1.38 bits per heavy atom. The van der Waals surface area contributed by atoms with Gasteiger partial charge in [0.15, 0.2) is 0 Å². The van der Waals surface area contributed by atoms with E-state index in [1.807, 2.05) is 32.0 Å². The lowest BCUT2D eigenvalue weighted by Gasteiger charge is -2.25. The van der Waals surface area contributed by atoms with Crippen molar-refractivity contribution in [3.63, 3.8) is 0 Å². The van der Waals surface area contributed by atoms with Gasteiger partial charge in [0.05, 0.1) is 6.61 Å². The first-order valence-corrected chi connectivity index (χ1v) is 7.42. The number of hydrogen-bond acceptors (Lipinski definition) is 3. The molecule has 0 saturated carbocycles. The Morgan fingerprint density at radius 3 is 2.52 bits per heavy atom. The topological polar surface area (TPSA) is 47.6 Å². The first-order chi connectivity index (χ1) is 9.82. The highest BCUT2D eigenvalue weighted by molar-refractivity contribution is 5.97. The minimum atomic E-state index is -0.805. The zero-order chi connectivity index (χ0) is 16.0. The van der Waals surface area contributed by atoms with Gasteiger partial charge in [-0.15, -0.1) is 0 Å². The number of hydrogen-bond donors (Lipinski definition) is 1. The molecular formula is C17H27NO3. The number of carbonyl (C=O) groups is 1. The van der Waals surface area contributed by atoms with Gasteiger partial charge in [-0.25, -0.2) is 0 Å². The fourth-order valence-corrected chi connectivity index (χ4v) is 1.81. The van der Waals surface area contributed by atoms with Crippen LogP contribution in [0.25, 0.3) is 0 Å². The maximum absolute atomic E-state index is 12.2. The van der Waals surface area contributed by atoms with Gasteiger partial charge < -0.3 is 14.8 Å². The number of anilines is 1. The molecule has 1 aromatic rings. The smallest absolute Gasteiger partial charge is 0.256 e. The molecule has 0 saturated heterocycles. The van der Waals surface area contributed by atoms with Crippen molar-refractivity contribution in [2.75, 3.05) is 19.0 Å². The molecule has 1 N–H and O–H groups in total. The standard InChI is InChI=1S/C17H27NO3/c1-7-17(5,20-6)16(19)18-14-8-9-15(13(4)10-14)21-11-12(2)3/h8-10,12H,7,11H2,1-6H3,(H,18,19)/t17-/m1/s1. The van der Waals surface area contributed by atoms with E-state index in [0.29, 0.717) is 18.9 Å². The molecule has 0 bridgehead atoms. The summed E-state index contributed by atoms with van der Waals surface area (Å²) in [6.45, 7) is 10.6. The Labute approximate surface area is 127 Å². The monoisotopic (exact) mass is 293 g/mol. The molecule has 0 radical (unpaired) electrons. The third-order valence-electron chi connectivity index (χ3n) is 3.61. The Balaban J connectivity index is 2.78. The van der Waals surface area contributed by atoms with Crippen molar-refractivity contribution in [3.05, 3.63) is 23.8 Å². The lowest BCUT2D eigenvalue weighted by molar-refractivity contribution is -0.136. The Bertz CT molecular complexity index is 479. The van der Waals surface area contributed by atoms with E-state index in [4.69, 9.17) is 9.47 Å². The van der Waals surface area contributed by atoms with Crippen LogP contribution in [0.3, 0.4) is 0 Å². The van der Waals surface area contributed by atoms with Gasteiger partial charge >= 0.3 is 0 Å². The molecule has 0 aliphatic heterocycles. The Kier molecular flexibility index (Phi) is 6.21. The number of nitrogens with one attached hydrogen (secondary N) is 1. The summed E-state index contributed by atoms with van der Waals surface area (Å²) in [5, 5.41) is 2.90. The molecule has 0 aliphatic carbocycles. The molecule has 0 fully saturated rings. The van der Waals surface area contributed by atoms with Crippen LogP contribution in [0.4, 0.5) is 5.69 Å². The quantitative estimate of drug-likeness (QED) is 0.832. The van der Waals surface area contributed by atoms with Gasteiger partial charge in [-0.2, -0.15) is 0 Å². The summed E-state index contributed by atoms with van der Waals surface area (Å²) >= 11 is 0. The van der Waals surface area contributed by atoms with E-state index in [9.17, 15) is 4.79 Å². The first-order valence-electron chi connectivity index (χ1n) is 7.42. The molecule has 0 spiro atoms. The molecule has 1 aromatic carbocycles. The average molecular weight is 293 g/mol. The largest absolute Gasteiger partial charge is 0.493 e. The maximum Gasteiger partial charge on any atom is 0.256 e. The molecular weight excluding hydrogens is 266 g/mol. The first kappa shape index (κ1) is 17.5. The van der Waals surface area contributed by atoms with Crippen molar-refractivity contribution in [3.8, 4) is 5.75 Å². The number of rotatable bonds is 7. The van der Waals surface area contributed by atoms with Gasteiger partial charge in [-0.3, -0.25) is 4.79 Å². The van der Waals surface area contributed by atoms with Crippen molar-refractivity contribution in [2.45, 2.75) is 46.6 Å². The Hall–Kier alpha value is -1.55. The zero-order valence-electron chi connectivity index (χ0n) is 13.9. The number of benzene rings is 1. The summed E-state index contributed by atoms with van der Waals surface area (Å²) in [4.78, 5) is 12.2. The third kappa shape index (κ3) is 4.74. The van der Waals surface area contributed by atoms with E-state index in [1.54, 1.807) is 14.0 Å². The summed E-state index contributed by atoms with van der Waals surface area (Å²) in [6, 6.07) is 5.66. The third-order valence-corrected chi connectivity index (χ3v) is 3.61. The molecule has 1 amide bonds. The SMILES string of the molecule is CC[C@@](C)(OC)C(=O)Nc1ccc(OCC(C)C)c(C)c1. The van der Waals surface area contributed by atoms with Crippen LogP contribution in [-0.2, 0) is 9.53 Å². The number of aryl methyl sites for hydroxylation is 1. The molecule has 0 unspecified atom stereocenters. The number of carbonyl (C=O) groups excluding carboxylic acids is 1. The number of amides is 1. The van der Waals surface area contributed by atoms with Gasteiger partial charge in [0.25, 0.3) is 5.91 Å². The summed E-state index contributed by atoms with van der Waals surface area (Å²) in [5.41, 5.74) is 0.955. The molecule has 4 heteroatoms. The van der Waals surface area contributed by atoms with E-state index in [0.717, 1.165) is 17.0 Å². The highest BCUT2D eigenvalue weighted by atomic mass is 16.5. The van der Waals surface area contributed by atoms with E-state index < -0.39 is 5.60 Å². The van der Waals surface area contributed by atoms with Gasteiger partial charge in [0, 0.05) is 12.8 Å². The van der Waals surface area contributed by atoms with Gasteiger partial charge in [-0.05, 0) is 49.9 Å². The number of methoxy groups -OCH3 is 1. The summed E-state index contributed by atoms with van der Waals surface area (Å²) in [7, 11) is 1.55. The van der Waals surface area contributed by atoms with Crippen LogP contribution in [0.5, 0.6) is 5.75 Å². The minimum absolute atomic E-state index is 0.136. The van der Waals surface area contributed by atoms with Crippen molar-refractivity contribution in [1.82, 2.24) is 0 Å². The average Bonchev–Trinajstić information content (AvgIpc) is 2.45. The van der Waals surface area contributed by atoms with Crippen LogP contribution in [0.2, 0.25) is 0 Å². The van der Waals surface area contributed by atoms with Crippen LogP contribution >= 0.6 is 0 Å². The van der Waals surface area contributed by atoms with Crippen molar-refractivity contribution in [2.24, 2.45) is 5.92 Å².